The topological polar surface area (TPSA) is 164 Å². The summed E-state index contributed by atoms with van der Waals surface area (Å²) in [7, 11) is 0. The molecule has 11 nitrogen and oxygen atoms in total. The number of nitrogens with one attached hydrogen (secondary N) is 1. The van der Waals surface area contributed by atoms with Gasteiger partial charge in [-0.2, -0.15) is 5.10 Å². The fourth-order valence-electron chi connectivity index (χ4n) is 3.08. The van der Waals surface area contributed by atoms with Gasteiger partial charge in [0.05, 0.1) is 12.8 Å². The number of aliphatic hydroxyl groups excluding tert-OH is 3. The van der Waals surface area contributed by atoms with Crippen LogP contribution in [0.3, 0.4) is 0 Å². The van der Waals surface area contributed by atoms with E-state index in [-0.39, 0.29) is 22.9 Å². The van der Waals surface area contributed by atoms with E-state index in [1.165, 1.54) is 17.1 Å². The van der Waals surface area contributed by atoms with E-state index in [4.69, 9.17) is 22.1 Å². The van der Waals surface area contributed by atoms with E-state index < -0.39 is 31.1 Å². The molecule has 2 aromatic heterocycles. The van der Waals surface area contributed by atoms with E-state index in [9.17, 15) is 15.3 Å². The molecule has 152 valence electrons. The van der Waals surface area contributed by atoms with Gasteiger partial charge in [0.25, 0.3) is 0 Å². The minimum absolute atomic E-state index is 0.124. The molecule has 0 aliphatic carbocycles. The van der Waals surface area contributed by atoms with E-state index in [1.807, 2.05) is 6.07 Å². The van der Waals surface area contributed by atoms with Gasteiger partial charge in [-0.3, -0.25) is 4.57 Å². The number of hydrazone groups is 1. The molecule has 0 amide bonds. The molecule has 3 aromatic rings. The number of nitrogens with zero attached hydrogens (tertiary/aromatic N) is 5. The van der Waals surface area contributed by atoms with Crippen molar-refractivity contribution >= 4 is 40.7 Å². The number of aliphatic hydroxyl groups is 3. The zero-order chi connectivity index (χ0) is 20.5. The summed E-state index contributed by atoms with van der Waals surface area (Å²) >= 11 is 6.11. The highest BCUT2D eigenvalue weighted by atomic mass is 35.5. The van der Waals surface area contributed by atoms with Crippen LogP contribution >= 0.6 is 11.6 Å². The van der Waals surface area contributed by atoms with Crippen LogP contribution in [-0.4, -0.2) is 66.0 Å². The Bertz CT molecular complexity index is 1060. The van der Waals surface area contributed by atoms with Crippen LogP contribution in [0.5, 0.6) is 0 Å². The summed E-state index contributed by atoms with van der Waals surface area (Å²) in [5.41, 5.74) is 9.85. The number of fused-ring (bicyclic) bond motifs is 1. The van der Waals surface area contributed by atoms with Crippen molar-refractivity contribution < 1.29 is 20.1 Å². The predicted molar refractivity (Wildman–Crippen MR) is 105 cm³/mol. The molecule has 0 unspecified atom stereocenters. The van der Waals surface area contributed by atoms with Crippen molar-refractivity contribution in [2.24, 2.45) is 5.10 Å². The van der Waals surface area contributed by atoms with Gasteiger partial charge < -0.3 is 25.8 Å². The average Bonchev–Trinajstić information content (AvgIpc) is 3.22. The summed E-state index contributed by atoms with van der Waals surface area (Å²) in [5.74, 6) is 0.268. The number of benzene rings is 1. The number of ether oxygens (including phenoxy) is 1. The number of rotatable bonds is 5. The SMILES string of the molecule is Nc1ncnc2c1nc(N/N=C/c1ccccc1Cl)n2[C@@H]1O[C@H](CO)[C@@H](O)[C@@H]1O. The first-order chi connectivity index (χ1) is 14.0. The summed E-state index contributed by atoms with van der Waals surface area (Å²) in [6, 6.07) is 7.13. The van der Waals surface area contributed by atoms with Crippen molar-refractivity contribution in [1.82, 2.24) is 19.5 Å². The fraction of sp³-hybridized carbons (Fsp3) is 0.294. The second-order valence-electron chi connectivity index (χ2n) is 6.36. The molecular weight excluding hydrogens is 402 g/mol. The number of imidazole rings is 1. The molecule has 0 bridgehead atoms. The number of hydrogen-bond donors (Lipinski definition) is 5. The van der Waals surface area contributed by atoms with E-state index in [2.05, 4.69) is 25.5 Å². The smallest absolute Gasteiger partial charge is 0.228 e. The van der Waals surface area contributed by atoms with Crippen LogP contribution in [0, 0.1) is 0 Å². The maximum absolute atomic E-state index is 10.4. The molecular formula is C17H18ClN7O4. The lowest BCUT2D eigenvalue weighted by Crippen LogP contribution is -2.33. The first kappa shape index (κ1) is 19.5. The third-order valence-corrected chi connectivity index (χ3v) is 4.89. The molecule has 4 atom stereocenters. The number of aromatic nitrogens is 4. The van der Waals surface area contributed by atoms with Gasteiger partial charge in [0.15, 0.2) is 23.2 Å². The molecule has 0 saturated carbocycles. The molecule has 0 spiro atoms. The summed E-state index contributed by atoms with van der Waals surface area (Å²) in [4.78, 5) is 12.4. The Morgan fingerprint density at radius 3 is 2.79 bits per heavy atom. The maximum atomic E-state index is 10.4. The zero-order valence-corrected chi connectivity index (χ0v) is 15.7. The van der Waals surface area contributed by atoms with Crippen LogP contribution in [0.1, 0.15) is 11.8 Å². The highest BCUT2D eigenvalue weighted by molar-refractivity contribution is 6.33. The van der Waals surface area contributed by atoms with Crippen molar-refractivity contribution in [3.63, 3.8) is 0 Å². The van der Waals surface area contributed by atoms with Gasteiger partial charge in [-0.1, -0.05) is 29.8 Å². The van der Waals surface area contributed by atoms with E-state index >= 15 is 0 Å². The van der Waals surface area contributed by atoms with Crippen molar-refractivity contribution in [2.75, 3.05) is 17.8 Å². The summed E-state index contributed by atoms with van der Waals surface area (Å²) in [6.45, 7) is -0.466. The normalized spacial score (nSPS) is 24.6. The maximum Gasteiger partial charge on any atom is 0.228 e. The van der Waals surface area contributed by atoms with Gasteiger partial charge in [-0.15, -0.1) is 0 Å². The first-order valence-corrected chi connectivity index (χ1v) is 9.03. The largest absolute Gasteiger partial charge is 0.394 e. The standard InChI is InChI=1S/C17H18ClN7O4/c18-9-4-2-1-3-8(9)5-22-24-17-23-11-14(19)20-7-21-15(11)25(17)16-13(28)12(27)10(6-26)29-16/h1-5,7,10,12-13,16,26-28H,6H2,(H,23,24)(H2,19,20,21)/b22-5+/t10-,12-,13+,16-/m1/s1. The Morgan fingerprint density at radius 1 is 1.28 bits per heavy atom. The predicted octanol–water partition coefficient (Wildman–Crippen LogP) is 0.119. The fourth-order valence-corrected chi connectivity index (χ4v) is 3.26. The molecule has 1 aliphatic heterocycles. The van der Waals surface area contributed by atoms with Gasteiger partial charge in [0.1, 0.15) is 24.6 Å². The second-order valence-corrected chi connectivity index (χ2v) is 6.76. The number of nitrogen functional groups attached to an aromatic ring is 1. The monoisotopic (exact) mass is 419 g/mol. The summed E-state index contributed by atoms with van der Waals surface area (Å²) in [6.07, 6.45) is -1.94. The van der Waals surface area contributed by atoms with E-state index in [0.717, 1.165) is 0 Å². The van der Waals surface area contributed by atoms with Crippen molar-refractivity contribution in [3.8, 4) is 0 Å². The second kappa shape index (κ2) is 7.89. The number of halogens is 1. The number of nitrogens with two attached hydrogens (primary N) is 1. The lowest BCUT2D eigenvalue weighted by molar-refractivity contribution is -0.0501. The average molecular weight is 420 g/mol. The van der Waals surface area contributed by atoms with Crippen LogP contribution in [0.4, 0.5) is 11.8 Å². The minimum Gasteiger partial charge on any atom is -0.394 e. The van der Waals surface area contributed by atoms with Gasteiger partial charge in [0.2, 0.25) is 5.95 Å². The Morgan fingerprint density at radius 2 is 2.07 bits per heavy atom. The minimum atomic E-state index is -1.34. The Labute approximate surface area is 169 Å². The number of anilines is 2. The van der Waals surface area contributed by atoms with Crippen molar-refractivity contribution in [1.29, 1.82) is 0 Å². The summed E-state index contributed by atoms with van der Waals surface area (Å²) < 4.78 is 7.01. The molecule has 1 saturated heterocycles. The van der Waals surface area contributed by atoms with E-state index in [0.29, 0.717) is 10.6 Å². The summed E-state index contributed by atoms with van der Waals surface area (Å²) in [5, 5.41) is 34.6. The Balaban J connectivity index is 1.73. The van der Waals surface area contributed by atoms with Crippen LogP contribution in [-0.2, 0) is 4.74 Å². The molecule has 6 N–H and O–H groups in total. The lowest BCUT2D eigenvalue weighted by atomic mass is 10.1. The van der Waals surface area contributed by atoms with Gasteiger partial charge in [-0.25, -0.2) is 20.4 Å². The van der Waals surface area contributed by atoms with Gasteiger partial charge in [0, 0.05) is 10.6 Å². The van der Waals surface area contributed by atoms with Crippen molar-refractivity contribution in [2.45, 2.75) is 24.5 Å². The van der Waals surface area contributed by atoms with E-state index in [1.54, 1.807) is 18.2 Å². The molecule has 3 heterocycles. The quantitative estimate of drug-likeness (QED) is 0.285. The third-order valence-electron chi connectivity index (χ3n) is 4.55. The van der Waals surface area contributed by atoms with Crippen LogP contribution in [0.25, 0.3) is 11.2 Å². The van der Waals surface area contributed by atoms with Crippen LogP contribution in [0.15, 0.2) is 35.7 Å². The molecule has 1 fully saturated rings. The molecule has 1 aromatic carbocycles. The molecule has 12 heteroatoms. The lowest BCUT2D eigenvalue weighted by Gasteiger charge is -2.18. The molecule has 0 radical (unpaired) electrons. The molecule has 4 rings (SSSR count). The highest BCUT2D eigenvalue weighted by Gasteiger charge is 2.45. The molecule has 1 aliphatic rings. The zero-order valence-electron chi connectivity index (χ0n) is 14.9. The molecule has 29 heavy (non-hydrogen) atoms. The Hall–Kier alpha value is -2.83. The number of hydrogen-bond acceptors (Lipinski definition) is 10. The van der Waals surface area contributed by atoms with Crippen LogP contribution in [0.2, 0.25) is 5.02 Å². The Kier molecular flexibility index (Phi) is 5.30. The highest BCUT2D eigenvalue weighted by Crippen LogP contribution is 2.35. The van der Waals surface area contributed by atoms with Crippen LogP contribution < -0.4 is 11.2 Å². The third kappa shape index (κ3) is 3.50. The first-order valence-electron chi connectivity index (χ1n) is 8.65. The van der Waals surface area contributed by atoms with Gasteiger partial charge in [-0.05, 0) is 6.07 Å². The van der Waals surface area contributed by atoms with Gasteiger partial charge >= 0.3 is 0 Å². The van der Waals surface area contributed by atoms with Crippen molar-refractivity contribution in [3.05, 3.63) is 41.2 Å².